The minimum absolute atomic E-state index is 0.0518. The lowest BCUT2D eigenvalue weighted by atomic mass is 10.1. The first kappa shape index (κ1) is 41.7. The number of aliphatic hydroxyl groups excluding tert-OH is 1. The van der Waals surface area contributed by atoms with Crippen molar-refractivity contribution in [3.8, 4) is 0 Å². The van der Waals surface area contributed by atoms with Crippen LogP contribution in [-0.2, 0) is 23.1 Å². The Morgan fingerprint density at radius 3 is 1.74 bits per heavy atom. The molecule has 0 aromatic rings. The molecule has 0 aromatic carbocycles. The van der Waals surface area contributed by atoms with Crippen molar-refractivity contribution in [2.24, 2.45) is 0 Å². The minimum atomic E-state index is -4.25. The average Bonchev–Trinajstić information content (AvgIpc) is 2.94. The second-order valence-electron chi connectivity index (χ2n) is 12.4. The van der Waals surface area contributed by atoms with E-state index in [0.29, 0.717) is 17.4 Å². The zero-order valence-electron chi connectivity index (χ0n) is 27.9. The molecule has 2 N–H and O–H groups in total. The van der Waals surface area contributed by atoms with Gasteiger partial charge >= 0.3 is 13.8 Å². The molecule has 2 unspecified atom stereocenters. The van der Waals surface area contributed by atoms with Crippen molar-refractivity contribution in [1.29, 1.82) is 0 Å². The van der Waals surface area contributed by atoms with Crippen LogP contribution in [-0.4, -0.2) is 74.1 Å². The van der Waals surface area contributed by atoms with E-state index in [1.807, 2.05) is 21.1 Å². The van der Waals surface area contributed by atoms with Crippen molar-refractivity contribution in [2.45, 2.75) is 129 Å². The van der Waals surface area contributed by atoms with Gasteiger partial charge in [-0.2, -0.15) is 0 Å². The first-order chi connectivity index (χ1) is 20.6. The van der Waals surface area contributed by atoms with Gasteiger partial charge in [0.05, 0.1) is 27.7 Å². The van der Waals surface area contributed by atoms with Gasteiger partial charge in [-0.05, 0) is 44.9 Å². The van der Waals surface area contributed by atoms with Crippen LogP contribution >= 0.6 is 7.82 Å². The van der Waals surface area contributed by atoms with Gasteiger partial charge in [-0.3, -0.25) is 13.8 Å². The van der Waals surface area contributed by atoms with Gasteiger partial charge in [0.15, 0.2) is 0 Å². The van der Waals surface area contributed by atoms with Gasteiger partial charge in [0.2, 0.25) is 0 Å². The van der Waals surface area contributed by atoms with Crippen LogP contribution in [0.5, 0.6) is 0 Å². The Morgan fingerprint density at radius 2 is 1.21 bits per heavy atom. The average molecular weight is 631 g/mol. The predicted molar refractivity (Wildman–Crippen MR) is 178 cm³/mol. The first-order valence-electron chi connectivity index (χ1n) is 16.8. The Hall–Kier alpha value is -1.28. The summed E-state index contributed by atoms with van der Waals surface area (Å²) in [4.78, 5) is 21.5. The number of aliphatic hydroxyl groups is 1. The first-order valence-corrected chi connectivity index (χ1v) is 18.3. The van der Waals surface area contributed by atoms with Crippen molar-refractivity contribution < 1.29 is 37.6 Å². The number of likely N-dealkylation sites (N-methyl/N-ethyl adjacent to an activating group) is 1. The molecule has 2 atom stereocenters. The fraction of sp³-hybridized carbons (Fsp3) is 0.794. The third-order valence-electron chi connectivity index (χ3n) is 6.90. The molecule has 252 valence electrons. The number of quaternary nitrogens is 1. The SMILES string of the molecule is CCCCCCC/C=C\C/C=C\C/C=C\CCCCCCCCCCC(=O)OCC(O)COP(=O)(O)OCC[N+](C)(C)C. The highest BCUT2D eigenvalue weighted by Crippen LogP contribution is 2.43. The number of esters is 1. The molecule has 0 saturated carbocycles. The molecular weight excluding hydrogens is 565 g/mol. The van der Waals surface area contributed by atoms with Crippen LogP contribution in [0.25, 0.3) is 0 Å². The molecule has 0 bridgehead atoms. The van der Waals surface area contributed by atoms with E-state index >= 15 is 0 Å². The molecule has 0 heterocycles. The number of carbonyl (C=O) groups excluding carboxylic acids is 1. The Labute approximate surface area is 263 Å². The summed E-state index contributed by atoms with van der Waals surface area (Å²) < 4.78 is 27.1. The highest BCUT2D eigenvalue weighted by atomic mass is 31.2. The highest BCUT2D eigenvalue weighted by molar-refractivity contribution is 7.47. The summed E-state index contributed by atoms with van der Waals surface area (Å²) in [6.45, 7) is 2.11. The number of ether oxygens (including phenoxy) is 1. The number of phosphoric ester groups is 1. The second-order valence-corrected chi connectivity index (χ2v) is 13.9. The minimum Gasteiger partial charge on any atom is -0.463 e. The fourth-order valence-electron chi connectivity index (χ4n) is 4.19. The molecule has 0 saturated heterocycles. The van der Waals surface area contributed by atoms with Crippen LogP contribution in [0.1, 0.15) is 122 Å². The van der Waals surface area contributed by atoms with E-state index in [4.69, 9.17) is 13.8 Å². The van der Waals surface area contributed by atoms with Crippen LogP contribution in [0.4, 0.5) is 0 Å². The maximum Gasteiger partial charge on any atom is 0.472 e. The van der Waals surface area contributed by atoms with Gasteiger partial charge in [-0.25, -0.2) is 4.57 Å². The van der Waals surface area contributed by atoms with E-state index in [-0.39, 0.29) is 19.2 Å². The van der Waals surface area contributed by atoms with Crippen molar-refractivity contribution in [1.82, 2.24) is 0 Å². The van der Waals surface area contributed by atoms with E-state index in [2.05, 4.69) is 43.4 Å². The summed E-state index contributed by atoms with van der Waals surface area (Å²) in [5, 5.41) is 9.87. The van der Waals surface area contributed by atoms with Gasteiger partial charge < -0.3 is 19.2 Å². The number of carbonyl (C=O) groups is 1. The molecule has 0 aliphatic carbocycles. The summed E-state index contributed by atoms with van der Waals surface area (Å²) in [6.07, 6.45) is 33.0. The Bertz CT molecular complexity index is 792. The number of rotatable bonds is 30. The number of phosphoric acid groups is 1. The van der Waals surface area contributed by atoms with Gasteiger partial charge in [0.25, 0.3) is 0 Å². The Balaban J connectivity index is 3.53. The molecule has 43 heavy (non-hydrogen) atoms. The monoisotopic (exact) mass is 630 g/mol. The highest BCUT2D eigenvalue weighted by Gasteiger charge is 2.24. The van der Waals surface area contributed by atoms with Gasteiger partial charge in [0.1, 0.15) is 25.9 Å². The number of hydrogen-bond donors (Lipinski definition) is 2. The lowest BCUT2D eigenvalue weighted by molar-refractivity contribution is -0.870. The molecule has 0 radical (unpaired) electrons. The molecule has 0 aliphatic heterocycles. The number of hydrogen-bond acceptors (Lipinski definition) is 6. The second kappa shape index (κ2) is 28.2. The standard InChI is InChI=1S/C34H64NO7P/c1-5-6-7-8-9-10-11-12-13-14-15-16-17-18-19-20-21-22-23-24-25-26-27-28-34(37)40-31-33(36)32-42-43(38,39)41-30-29-35(2,3)4/h11-12,14-15,17-18,33,36H,5-10,13,16,19-32H2,1-4H3/p+1/b12-11-,15-14-,18-17-. The fourth-order valence-corrected chi connectivity index (χ4v) is 4.94. The van der Waals surface area contributed by atoms with Crippen molar-refractivity contribution >= 4 is 13.8 Å². The summed E-state index contributed by atoms with van der Waals surface area (Å²) in [6, 6.07) is 0. The molecule has 0 spiro atoms. The van der Waals surface area contributed by atoms with Crippen molar-refractivity contribution in [3.05, 3.63) is 36.5 Å². The van der Waals surface area contributed by atoms with E-state index in [9.17, 15) is 19.4 Å². The Morgan fingerprint density at radius 1 is 0.721 bits per heavy atom. The summed E-state index contributed by atoms with van der Waals surface area (Å²) in [7, 11) is 1.55. The van der Waals surface area contributed by atoms with Crippen molar-refractivity contribution in [2.75, 3.05) is 47.5 Å². The molecule has 0 amide bonds. The lowest BCUT2D eigenvalue weighted by Crippen LogP contribution is -2.37. The summed E-state index contributed by atoms with van der Waals surface area (Å²) in [5.74, 6) is -0.380. The third kappa shape index (κ3) is 33.5. The molecule has 0 aromatic heterocycles. The Kier molecular flexibility index (Phi) is 27.4. The molecular formula is C34H65NO7P+. The number of allylic oxidation sites excluding steroid dienone is 6. The van der Waals surface area contributed by atoms with Crippen LogP contribution < -0.4 is 0 Å². The maximum absolute atomic E-state index is 11.9. The van der Waals surface area contributed by atoms with Crippen molar-refractivity contribution in [3.63, 3.8) is 0 Å². The number of nitrogens with zero attached hydrogens (tertiary/aromatic N) is 1. The zero-order valence-corrected chi connectivity index (χ0v) is 28.8. The molecule has 0 rings (SSSR count). The maximum atomic E-state index is 11.9. The van der Waals surface area contributed by atoms with E-state index < -0.39 is 20.5 Å². The van der Waals surface area contributed by atoms with Crippen LogP contribution in [0.2, 0.25) is 0 Å². The predicted octanol–water partition coefficient (Wildman–Crippen LogP) is 8.44. The van der Waals surface area contributed by atoms with Gasteiger partial charge in [0, 0.05) is 6.42 Å². The van der Waals surface area contributed by atoms with Gasteiger partial charge in [-0.1, -0.05) is 108 Å². The van der Waals surface area contributed by atoms with Crippen LogP contribution in [0.15, 0.2) is 36.5 Å². The molecule has 0 fully saturated rings. The zero-order chi connectivity index (χ0) is 32.1. The third-order valence-corrected chi connectivity index (χ3v) is 7.89. The van der Waals surface area contributed by atoms with Gasteiger partial charge in [-0.15, -0.1) is 0 Å². The smallest absolute Gasteiger partial charge is 0.463 e. The van der Waals surface area contributed by atoms with E-state index in [1.165, 1.54) is 70.6 Å². The van der Waals surface area contributed by atoms with Crippen LogP contribution in [0.3, 0.4) is 0 Å². The van der Waals surface area contributed by atoms with E-state index in [0.717, 1.165) is 38.5 Å². The normalized spacial score (nSPS) is 14.7. The lowest BCUT2D eigenvalue weighted by Gasteiger charge is -2.24. The molecule has 8 nitrogen and oxygen atoms in total. The molecule has 9 heteroatoms. The van der Waals surface area contributed by atoms with Crippen LogP contribution in [0, 0.1) is 0 Å². The quantitative estimate of drug-likeness (QED) is 0.0270. The topological polar surface area (TPSA) is 102 Å². The summed E-state index contributed by atoms with van der Waals surface area (Å²) in [5.41, 5.74) is 0. The molecule has 0 aliphatic rings. The number of unbranched alkanes of at least 4 members (excludes halogenated alkanes) is 13. The van der Waals surface area contributed by atoms with E-state index in [1.54, 1.807) is 0 Å². The summed E-state index contributed by atoms with van der Waals surface area (Å²) >= 11 is 0. The largest absolute Gasteiger partial charge is 0.472 e.